The zero-order valence-electron chi connectivity index (χ0n) is 17.9. The van der Waals surface area contributed by atoms with Gasteiger partial charge in [-0.15, -0.1) is 23.1 Å². The third-order valence-corrected chi connectivity index (χ3v) is 6.67. The highest BCUT2D eigenvalue weighted by atomic mass is 32.2. The van der Waals surface area contributed by atoms with Gasteiger partial charge in [0, 0.05) is 45.1 Å². The van der Waals surface area contributed by atoms with E-state index in [9.17, 15) is 4.79 Å². The van der Waals surface area contributed by atoms with Gasteiger partial charge >= 0.3 is 0 Å². The lowest BCUT2D eigenvalue weighted by atomic mass is 10.1. The molecule has 31 heavy (non-hydrogen) atoms. The molecule has 2 aromatic carbocycles. The molecule has 0 aliphatic carbocycles. The van der Waals surface area contributed by atoms with Crippen LogP contribution >= 0.6 is 23.1 Å². The van der Waals surface area contributed by atoms with Gasteiger partial charge in [-0.3, -0.25) is 9.78 Å². The predicted molar refractivity (Wildman–Crippen MR) is 131 cm³/mol. The van der Waals surface area contributed by atoms with Crippen molar-refractivity contribution in [2.24, 2.45) is 0 Å². The van der Waals surface area contributed by atoms with E-state index in [0.717, 1.165) is 32.1 Å². The fourth-order valence-corrected chi connectivity index (χ4v) is 5.10. The molecule has 1 N–H and O–H groups in total. The minimum Gasteiger partial charge on any atom is -0.352 e. The molecule has 158 valence electrons. The van der Waals surface area contributed by atoms with Gasteiger partial charge in [-0.05, 0) is 12.1 Å². The molecule has 1 amide bonds. The summed E-state index contributed by atoms with van der Waals surface area (Å²) >= 11 is 3.41. The Bertz CT molecular complexity index is 1200. The molecule has 2 aromatic heterocycles. The largest absolute Gasteiger partial charge is 0.352 e. The van der Waals surface area contributed by atoms with Crippen molar-refractivity contribution in [2.45, 2.75) is 36.8 Å². The molecule has 0 atom stereocenters. The fourth-order valence-electron chi connectivity index (χ4n) is 3.22. The van der Waals surface area contributed by atoms with Crippen LogP contribution in [0.2, 0.25) is 0 Å². The zero-order valence-corrected chi connectivity index (χ0v) is 19.5. The summed E-state index contributed by atoms with van der Waals surface area (Å²) in [6.45, 7) is 7.09. The van der Waals surface area contributed by atoms with Gasteiger partial charge in [0.25, 0.3) is 5.91 Å². The second-order valence-corrected chi connectivity index (χ2v) is 11.1. The van der Waals surface area contributed by atoms with Crippen LogP contribution in [0.4, 0.5) is 0 Å². The molecule has 0 unspecified atom stereocenters. The van der Waals surface area contributed by atoms with Crippen LogP contribution in [0.5, 0.6) is 0 Å². The van der Waals surface area contributed by atoms with Gasteiger partial charge in [0.1, 0.15) is 0 Å². The number of nitrogens with one attached hydrogen (secondary N) is 1. The average molecular weight is 448 g/mol. The minimum atomic E-state index is -0.108. The number of carbonyl (C=O) groups excluding carboxylic acids is 1. The van der Waals surface area contributed by atoms with Crippen LogP contribution in [0.3, 0.4) is 0 Å². The maximum Gasteiger partial charge on any atom is 0.252 e. The Kier molecular flexibility index (Phi) is 6.39. The number of para-hydroxylation sites is 1. The van der Waals surface area contributed by atoms with E-state index < -0.39 is 0 Å². The van der Waals surface area contributed by atoms with E-state index in [-0.39, 0.29) is 10.7 Å². The van der Waals surface area contributed by atoms with E-state index in [2.05, 4.69) is 59.6 Å². The molecule has 4 nitrogen and oxygen atoms in total. The number of aromatic nitrogens is 2. The van der Waals surface area contributed by atoms with E-state index in [1.54, 1.807) is 29.3 Å². The minimum absolute atomic E-state index is 0.0994. The Morgan fingerprint density at radius 3 is 2.68 bits per heavy atom. The van der Waals surface area contributed by atoms with Crippen molar-refractivity contribution >= 4 is 39.9 Å². The van der Waals surface area contributed by atoms with Crippen LogP contribution in [0, 0.1) is 0 Å². The lowest BCUT2D eigenvalue weighted by Crippen LogP contribution is -2.25. The Morgan fingerprint density at radius 2 is 1.90 bits per heavy atom. The summed E-state index contributed by atoms with van der Waals surface area (Å²) in [4.78, 5) is 23.1. The van der Waals surface area contributed by atoms with Crippen molar-refractivity contribution in [1.82, 2.24) is 15.3 Å². The molecule has 0 aliphatic heterocycles. The van der Waals surface area contributed by atoms with Gasteiger partial charge in [-0.2, -0.15) is 0 Å². The monoisotopic (exact) mass is 447 g/mol. The number of hydrogen-bond acceptors (Lipinski definition) is 5. The molecule has 0 radical (unpaired) electrons. The summed E-state index contributed by atoms with van der Waals surface area (Å²) in [6, 6.07) is 18.2. The number of thioether (sulfide) groups is 1. The maximum atomic E-state index is 12.6. The van der Waals surface area contributed by atoms with Crippen LogP contribution in [0.15, 0.2) is 71.1 Å². The average Bonchev–Trinajstić information content (AvgIpc) is 3.22. The molecule has 0 aliphatic rings. The van der Waals surface area contributed by atoms with Gasteiger partial charge in [0.2, 0.25) is 0 Å². The number of benzene rings is 2. The van der Waals surface area contributed by atoms with Crippen molar-refractivity contribution in [3.8, 4) is 11.3 Å². The molecule has 0 fully saturated rings. The first-order valence-electron chi connectivity index (χ1n) is 10.2. The normalized spacial score (nSPS) is 11.6. The van der Waals surface area contributed by atoms with E-state index in [1.807, 2.05) is 36.4 Å². The van der Waals surface area contributed by atoms with Gasteiger partial charge in [-0.25, -0.2) is 4.98 Å². The summed E-state index contributed by atoms with van der Waals surface area (Å²) in [5.74, 6) is -0.108. The van der Waals surface area contributed by atoms with Gasteiger partial charge < -0.3 is 5.32 Å². The zero-order chi connectivity index (χ0) is 21.8. The Hall–Kier alpha value is -2.70. The molecule has 0 bridgehead atoms. The van der Waals surface area contributed by atoms with E-state index in [4.69, 9.17) is 0 Å². The lowest BCUT2D eigenvalue weighted by Gasteiger charge is -2.18. The van der Waals surface area contributed by atoms with Crippen LogP contribution in [-0.4, -0.2) is 27.2 Å². The smallest absolute Gasteiger partial charge is 0.252 e. The van der Waals surface area contributed by atoms with Crippen molar-refractivity contribution in [1.29, 1.82) is 0 Å². The molecule has 4 rings (SSSR count). The van der Waals surface area contributed by atoms with E-state index >= 15 is 0 Å². The van der Waals surface area contributed by atoms with Crippen LogP contribution in [-0.2, 0) is 6.42 Å². The van der Waals surface area contributed by atoms with Crippen LogP contribution in [0.1, 0.15) is 36.1 Å². The molecular weight excluding hydrogens is 422 g/mol. The highest BCUT2D eigenvalue weighted by Gasteiger charge is 2.16. The van der Waals surface area contributed by atoms with Crippen molar-refractivity contribution in [2.75, 3.05) is 6.54 Å². The summed E-state index contributed by atoms with van der Waals surface area (Å²) in [7, 11) is 0. The highest BCUT2D eigenvalue weighted by Crippen LogP contribution is 2.35. The quantitative estimate of drug-likeness (QED) is 0.356. The standard InChI is InChI=1S/C25H25N3OS2/c1-25(2,3)31-21-11-7-10-18-14-19(15-27-23(18)21)24(29)26-13-12-22-28-20(16-30-22)17-8-5-4-6-9-17/h4-11,14-16H,12-13H2,1-3H3,(H,26,29). The molecule has 2 heterocycles. The number of amides is 1. The number of thiazole rings is 1. The molecular formula is C25H25N3OS2. The maximum absolute atomic E-state index is 12.6. The number of carbonyl (C=O) groups is 1. The van der Waals surface area contributed by atoms with Gasteiger partial charge in [0.05, 0.1) is 21.8 Å². The summed E-state index contributed by atoms with van der Waals surface area (Å²) in [5.41, 5.74) is 3.61. The van der Waals surface area contributed by atoms with E-state index in [1.165, 1.54) is 0 Å². The number of nitrogens with zero attached hydrogens (tertiary/aromatic N) is 2. The Labute approximate surface area is 191 Å². The van der Waals surface area contributed by atoms with E-state index in [0.29, 0.717) is 18.5 Å². The summed E-state index contributed by atoms with van der Waals surface area (Å²) in [5, 5.41) is 7.05. The van der Waals surface area contributed by atoms with Crippen molar-refractivity contribution in [3.05, 3.63) is 76.7 Å². The predicted octanol–water partition coefficient (Wildman–Crippen LogP) is 6.22. The SMILES string of the molecule is CC(C)(C)Sc1cccc2cc(C(=O)NCCc3nc(-c4ccccc4)cs3)cnc12. The first-order valence-corrected chi connectivity index (χ1v) is 11.9. The highest BCUT2D eigenvalue weighted by molar-refractivity contribution is 8.00. The molecule has 0 saturated heterocycles. The molecule has 0 spiro atoms. The lowest BCUT2D eigenvalue weighted by molar-refractivity contribution is 0.0954. The summed E-state index contributed by atoms with van der Waals surface area (Å²) < 4.78 is 0.0994. The second-order valence-electron chi connectivity index (χ2n) is 8.26. The number of pyridine rings is 1. The Balaban J connectivity index is 1.39. The second kappa shape index (κ2) is 9.20. The molecule has 0 saturated carbocycles. The van der Waals surface area contributed by atoms with Gasteiger partial charge in [-0.1, -0.05) is 63.2 Å². The third kappa shape index (κ3) is 5.51. The first kappa shape index (κ1) is 21.5. The Morgan fingerprint density at radius 1 is 1.10 bits per heavy atom. The van der Waals surface area contributed by atoms with Crippen molar-refractivity contribution < 1.29 is 4.79 Å². The fraction of sp³-hybridized carbons (Fsp3) is 0.240. The molecule has 4 aromatic rings. The van der Waals surface area contributed by atoms with Crippen LogP contribution < -0.4 is 5.32 Å². The first-order chi connectivity index (χ1) is 14.9. The third-order valence-electron chi connectivity index (χ3n) is 4.60. The molecule has 6 heteroatoms. The number of hydrogen-bond donors (Lipinski definition) is 1. The number of rotatable bonds is 6. The van der Waals surface area contributed by atoms with Gasteiger partial charge in [0.15, 0.2) is 0 Å². The summed E-state index contributed by atoms with van der Waals surface area (Å²) in [6.07, 6.45) is 2.37. The number of fused-ring (bicyclic) bond motifs is 1. The van der Waals surface area contributed by atoms with Crippen molar-refractivity contribution in [3.63, 3.8) is 0 Å². The topological polar surface area (TPSA) is 54.9 Å². The van der Waals surface area contributed by atoms with Crippen LogP contribution in [0.25, 0.3) is 22.2 Å².